The normalized spacial score (nSPS) is 15.0. The van der Waals surface area contributed by atoms with Crippen molar-refractivity contribution in [3.05, 3.63) is 58.6 Å². The van der Waals surface area contributed by atoms with Gasteiger partial charge in [-0.3, -0.25) is 14.5 Å². The highest BCUT2D eigenvalue weighted by molar-refractivity contribution is 7.18. The van der Waals surface area contributed by atoms with E-state index < -0.39 is 11.7 Å². The predicted octanol–water partition coefficient (Wildman–Crippen LogP) is 1.81. The summed E-state index contributed by atoms with van der Waals surface area (Å²) in [5, 5.41) is 1.03. The van der Waals surface area contributed by atoms with Crippen LogP contribution in [0.2, 0.25) is 0 Å². The summed E-state index contributed by atoms with van der Waals surface area (Å²) in [6, 6.07) is 13.6. The summed E-state index contributed by atoms with van der Waals surface area (Å²) in [7, 11) is 2.01. The fraction of sp³-hybridized carbons (Fsp3) is 0.211. The summed E-state index contributed by atoms with van der Waals surface area (Å²) in [5.41, 5.74) is 3.21. The molecule has 0 bridgehead atoms. The highest BCUT2D eigenvalue weighted by Crippen LogP contribution is 2.28. The standard InChI is InChI=1S/C19H17N3O2S/c1-12-7-8-15-13(9-12)18(23)19(24)22(15)11-21(2)10-17-20-14-5-3-4-6-16(14)25-17/h3-9H,10-11H2,1-2H3/p+1. The molecule has 1 aliphatic rings. The average Bonchev–Trinajstić information content (AvgIpc) is 3.09. The maximum absolute atomic E-state index is 12.4. The van der Waals surface area contributed by atoms with Gasteiger partial charge in [-0.2, -0.15) is 0 Å². The predicted molar refractivity (Wildman–Crippen MR) is 98.1 cm³/mol. The SMILES string of the molecule is Cc1ccc2c(c1)C(=O)C(=O)N2C[NH+](C)Cc1nc2ccccc2s1. The molecule has 0 radical (unpaired) electrons. The Balaban J connectivity index is 1.54. The van der Waals surface area contributed by atoms with E-state index in [0.29, 0.717) is 24.5 Å². The molecule has 0 fully saturated rings. The summed E-state index contributed by atoms with van der Waals surface area (Å²) in [6.07, 6.45) is 0. The largest absolute Gasteiger partial charge is 0.314 e. The third-order valence-corrected chi connectivity index (χ3v) is 5.38. The lowest BCUT2D eigenvalue weighted by Crippen LogP contribution is -3.09. The summed E-state index contributed by atoms with van der Waals surface area (Å²) >= 11 is 1.67. The van der Waals surface area contributed by atoms with E-state index in [2.05, 4.69) is 11.1 Å². The van der Waals surface area contributed by atoms with Gasteiger partial charge in [0.15, 0.2) is 6.67 Å². The van der Waals surface area contributed by atoms with E-state index in [1.807, 2.05) is 44.3 Å². The Labute approximate surface area is 149 Å². The van der Waals surface area contributed by atoms with Gasteiger partial charge in [0.2, 0.25) is 0 Å². The second-order valence-corrected chi connectivity index (χ2v) is 7.57. The number of hydrogen-bond acceptors (Lipinski definition) is 4. The van der Waals surface area contributed by atoms with Gasteiger partial charge in [-0.15, -0.1) is 11.3 Å². The molecule has 0 aliphatic carbocycles. The number of anilines is 1. The minimum Gasteiger partial charge on any atom is -0.314 e. The second-order valence-electron chi connectivity index (χ2n) is 6.45. The van der Waals surface area contributed by atoms with Crippen molar-refractivity contribution in [3.63, 3.8) is 0 Å². The molecule has 4 rings (SSSR count). The number of quaternary nitrogens is 1. The number of benzene rings is 2. The van der Waals surface area contributed by atoms with Crippen LogP contribution in [0.25, 0.3) is 10.2 Å². The Kier molecular flexibility index (Phi) is 3.86. The molecule has 1 atom stereocenters. The molecule has 0 saturated heterocycles. The maximum Gasteiger partial charge on any atom is 0.303 e. The van der Waals surface area contributed by atoms with Crippen molar-refractivity contribution in [1.82, 2.24) is 4.98 Å². The van der Waals surface area contributed by atoms with Gasteiger partial charge in [0.1, 0.15) is 11.6 Å². The molecule has 2 aromatic carbocycles. The lowest BCUT2D eigenvalue weighted by molar-refractivity contribution is -0.892. The van der Waals surface area contributed by atoms with Gasteiger partial charge < -0.3 is 4.90 Å². The molecule has 126 valence electrons. The Hall–Kier alpha value is -2.57. The number of ketones is 1. The first-order chi connectivity index (χ1) is 12.0. The molecule has 1 aliphatic heterocycles. The molecular weight excluding hydrogens is 334 g/mol. The summed E-state index contributed by atoms with van der Waals surface area (Å²) < 4.78 is 1.17. The number of Topliss-reactive ketones (excluding diaryl/α,β-unsaturated/α-hetero) is 1. The number of fused-ring (bicyclic) bond motifs is 2. The number of carbonyl (C=O) groups is 2. The van der Waals surface area contributed by atoms with E-state index in [1.54, 1.807) is 22.3 Å². The zero-order chi connectivity index (χ0) is 17.6. The number of carbonyl (C=O) groups excluding carboxylic acids is 2. The number of aromatic nitrogens is 1. The number of rotatable bonds is 4. The van der Waals surface area contributed by atoms with Crippen LogP contribution in [0, 0.1) is 6.92 Å². The van der Waals surface area contributed by atoms with Crippen molar-refractivity contribution >= 4 is 38.9 Å². The molecule has 0 saturated carbocycles. The molecule has 25 heavy (non-hydrogen) atoms. The summed E-state index contributed by atoms with van der Waals surface area (Å²) in [6.45, 7) is 3.07. The fourth-order valence-electron chi connectivity index (χ4n) is 3.15. The van der Waals surface area contributed by atoms with Crippen LogP contribution >= 0.6 is 11.3 Å². The van der Waals surface area contributed by atoms with Crippen molar-refractivity contribution in [1.29, 1.82) is 0 Å². The van der Waals surface area contributed by atoms with Crippen LogP contribution in [-0.2, 0) is 11.3 Å². The van der Waals surface area contributed by atoms with Crippen LogP contribution in [0.3, 0.4) is 0 Å². The van der Waals surface area contributed by atoms with Crippen LogP contribution in [0.5, 0.6) is 0 Å². The van der Waals surface area contributed by atoms with Crippen LogP contribution in [0.1, 0.15) is 20.9 Å². The lowest BCUT2D eigenvalue weighted by Gasteiger charge is -2.21. The first kappa shape index (κ1) is 15.9. The summed E-state index contributed by atoms with van der Waals surface area (Å²) in [4.78, 5) is 31.9. The average molecular weight is 352 g/mol. The monoisotopic (exact) mass is 352 g/mol. The van der Waals surface area contributed by atoms with E-state index in [9.17, 15) is 9.59 Å². The lowest BCUT2D eigenvalue weighted by atomic mass is 10.1. The second kappa shape index (κ2) is 6.06. The molecular formula is C19H18N3O2S+. The van der Waals surface area contributed by atoms with E-state index >= 15 is 0 Å². The van der Waals surface area contributed by atoms with Gasteiger partial charge >= 0.3 is 5.91 Å². The van der Waals surface area contributed by atoms with E-state index in [1.165, 1.54) is 4.70 Å². The molecule has 1 N–H and O–H groups in total. The number of amides is 1. The third kappa shape index (κ3) is 2.83. The Morgan fingerprint density at radius 1 is 1.16 bits per heavy atom. The van der Waals surface area contributed by atoms with Crippen molar-refractivity contribution in [2.45, 2.75) is 13.5 Å². The third-order valence-electron chi connectivity index (χ3n) is 4.35. The van der Waals surface area contributed by atoms with Crippen LogP contribution < -0.4 is 9.80 Å². The van der Waals surface area contributed by atoms with E-state index in [0.717, 1.165) is 21.0 Å². The van der Waals surface area contributed by atoms with Crippen LogP contribution in [-0.4, -0.2) is 30.4 Å². The Morgan fingerprint density at radius 3 is 2.76 bits per heavy atom. The topological polar surface area (TPSA) is 54.7 Å². The van der Waals surface area contributed by atoms with Crippen molar-refractivity contribution in [2.24, 2.45) is 0 Å². The number of nitrogens with one attached hydrogen (secondary N) is 1. The van der Waals surface area contributed by atoms with Gasteiger partial charge in [-0.05, 0) is 31.2 Å². The molecule has 6 heteroatoms. The molecule has 5 nitrogen and oxygen atoms in total. The Morgan fingerprint density at radius 2 is 1.96 bits per heavy atom. The fourth-order valence-corrected chi connectivity index (χ4v) is 4.23. The molecule has 1 unspecified atom stereocenters. The highest BCUT2D eigenvalue weighted by Gasteiger charge is 2.37. The minimum absolute atomic E-state index is 0.411. The Bertz CT molecular complexity index is 962. The van der Waals surface area contributed by atoms with Gasteiger partial charge in [-0.1, -0.05) is 23.8 Å². The van der Waals surface area contributed by atoms with E-state index in [4.69, 9.17) is 0 Å². The number of para-hydroxylation sites is 1. The smallest absolute Gasteiger partial charge is 0.303 e. The highest BCUT2D eigenvalue weighted by atomic mass is 32.1. The van der Waals surface area contributed by atoms with E-state index in [-0.39, 0.29) is 0 Å². The quantitative estimate of drug-likeness (QED) is 0.729. The maximum atomic E-state index is 12.4. The summed E-state index contributed by atoms with van der Waals surface area (Å²) in [5.74, 6) is -0.851. The molecule has 1 aromatic heterocycles. The first-order valence-electron chi connectivity index (χ1n) is 8.15. The van der Waals surface area contributed by atoms with Crippen molar-refractivity contribution < 1.29 is 14.5 Å². The van der Waals surface area contributed by atoms with Gasteiger partial charge in [0.05, 0.1) is 28.5 Å². The molecule has 2 heterocycles. The van der Waals surface area contributed by atoms with Crippen molar-refractivity contribution in [2.75, 3.05) is 18.6 Å². The number of hydrogen-bond donors (Lipinski definition) is 1. The van der Waals surface area contributed by atoms with Crippen LogP contribution in [0.15, 0.2) is 42.5 Å². The number of thiazole rings is 1. The van der Waals surface area contributed by atoms with Gasteiger partial charge in [0.25, 0.3) is 5.78 Å². The zero-order valence-electron chi connectivity index (χ0n) is 14.1. The first-order valence-corrected chi connectivity index (χ1v) is 8.97. The molecule has 3 aromatic rings. The number of aryl methyl sites for hydroxylation is 1. The van der Waals surface area contributed by atoms with Gasteiger partial charge in [0, 0.05) is 0 Å². The number of nitrogens with zero attached hydrogens (tertiary/aromatic N) is 2. The van der Waals surface area contributed by atoms with Gasteiger partial charge in [-0.25, -0.2) is 4.98 Å². The zero-order valence-corrected chi connectivity index (χ0v) is 14.9. The van der Waals surface area contributed by atoms with Crippen molar-refractivity contribution in [3.8, 4) is 0 Å². The van der Waals surface area contributed by atoms with Crippen LogP contribution in [0.4, 0.5) is 5.69 Å². The molecule has 1 amide bonds. The minimum atomic E-state index is -0.441. The molecule has 0 spiro atoms.